The average Bonchev–Trinajstić information content (AvgIpc) is 3.04. The molecule has 31 heavy (non-hydrogen) atoms. The van der Waals surface area contributed by atoms with Crippen molar-refractivity contribution < 1.29 is 27.6 Å². The number of hydrogen-bond acceptors (Lipinski definition) is 3. The molecule has 0 spiro atoms. The van der Waals surface area contributed by atoms with E-state index in [-0.39, 0.29) is 28.7 Å². The summed E-state index contributed by atoms with van der Waals surface area (Å²) in [5, 5.41) is 5.47. The van der Waals surface area contributed by atoms with Gasteiger partial charge in [0.05, 0.1) is 6.04 Å². The minimum atomic E-state index is -4.95. The van der Waals surface area contributed by atoms with Crippen molar-refractivity contribution in [2.75, 3.05) is 0 Å². The highest BCUT2D eigenvalue weighted by atomic mass is 19.4. The first-order valence-corrected chi connectivity index (χ1v) is 11.3. The van der Waals surface area contributed by atoms with E-state index in [2.05, 4.69) is 30.6 Å². The predicted molar refractivity (Wildman–Crippen MR) is 108 cm³/mol. The van der Waals surface area contributed by atoms with E-state index >= 15 is 0 Å². The summed E-state index contributed by atoms with van der Waals surface area (Å²) in [6.45, 7) is 5.43. The zero-order valence-electron chi connectivity index (χ0n) is 18.2. The second-order valence-electron chi connectivity index (χ2n) is 10.5. The molecule has 2 amide bonds. The molecule has 0 radical (unpaired) electrons. The molecule has 1 aliphatic heterocycles. The Labute approximate surface area is 180 Å². The van der Waals surface area contributed by atoms with Crippen LogP contribution in [0.15, 0.2) is 12.2 Å². The van der Waals surface area contributed by atoms with Gasteiger partial charge in [0.2, 0.25) is 11.8 Å². The van der Waals surface area contributed by atoms with Gasteiger partial charge in [0.25, 0.3) is 5.78 Å². The summed E-state index contributed by atoms with van der Waals surface area (Å²) in [7, 11) is 0. The molecule has 1 unspecified atom stereocenters. The van der Waals surface area contributed by atoms with Gasteiger partial charge in [-0.3, -0.25) is 14.4 Å². The zero-order chi connectivity index (χ0) is 22.8. The van der Waals surface area contributed by atoms with Crippen molar-refractivity contribution in [2.45, 2.75) is 77.6 Å². The van der Waals surface area contributed by atoms with Gasteiger partial charge in [-0.15, -0.1) is 0 Å². The van der Waals surface area contributed by atoms with E-state index in [1.165, 1.54) is 0 Å². The normalized spacial score (nSPS) is 42.6. The molecule has 5 nitrogen and oxygen atoms in total. The maximum atomic E-state index is 12.9. The highest BCUT2D eigenvalue weighted by Crippen LogP contribution is 2.65. The lowest BCUT2D eigenvalue weighted by Gasteiger charge is -2.58. The number of rotatable bonds is 3. The third-order valence-electron chi connectivity index (χ3n) is 9.03. The summed E-state index contributed by atoms with van der Waals surface area (Å²) in [5.41, 5.74) is -0.386. The van der Waals surface area contributed by atoms with Gasteiger partial charge >= 0.3 is 6.18 Å². The summed E-state index contributed by atoms with van der Waals surface area (Å²) in [5.74, 6) is -1.62. The molecular weight excluding hydrogens is 409 g/mol. The third kappa shape index (κ3) is 3.50. The first kappa shape index (κ1) is 22.3. The van der Waals surface area contributed by atoms with Crippen LogP contribution in [0.1, 0.15) is 59.3 Å². The van der Waals surface area contributed by atoms with E-state index in [9.17, 15) is 27.6 Å². The molecule has 3 saturated carbocycles. The lowest BCUT2D eigenvalue weighted by molar-refractivity contribution is -0.173. The topological polar surface area (TPSA) is 75.3 Å². The molecule has 172 valence electrons. The summed E-state index contributed by atoms with van der Waals surface area (Å²) in [6.07, 6.45) is 3.88. The molecule has 3 fully saturated rings. The first-order valence-electron chi connectivity index (χ1n) is 11.3. The van der Waals surface area contributed by atoms with Crippen LogP contribution in [0.25, 0.3) is 0 Å². The third-order valence-corrected chi connectivity index (χ3v) is 9.03. The van der Waals surface area contributed by atoms with Gasteiger partial charge in [0.1, 0.15) is 0 Å². The van der Waals surface area contributed by atoms with Crippen LogP contribution in [0.5, 0.6) is 0 Å². The molecular formula is C23H31F3N2O3. The minimum Gasteiger partial charge on any atom is -0.349 e. The zero-order valence-corrected chi connectivity index (χ0v) is 18.2. The Hall–Kier alpha value is -1.86. The standard InChI is InChI=1S/C23H31F3N2O3/c1-12(19(30)23(24,25)26)27-20(31)16-6-5-14-13-4-7-17-22(3,11-9-18(29)28-17)15(13)8-10-21(14,16)2/h9,11-17H,4-8,10H2,1-3H3,(H,27,31)(H,28,29)/t12?,13-,14-,15-,16+,17-,21-,22-/m1/s1. The fourth-order valence-electron chi connectivity index (χ4n) is 7.39. The summed E-state index contributed by atoms with van der Waals surface area (Å²) in [6, 6.07) is -1.44. The van der Waals surface area contributed by atoms with Gasteiger partial charge in [-0.2, -0.15) is 13.2 Å². The number of carbonyl (C=O) groups is 3. The van der Waals surface area contributed by atoms with Crippen LogP contribution in [-0.2, 0) is 14.4 Å². The van der Waals surface area contributed by atoms with Crippen LogP contribution in [-0.4, -0.2) is 35.9 Å². The summed E-state index contributed by atoms with van der Waals surface area (Å²) in [4.78, 5) is 36.3. The minimum absolute atomic E-state index is 0.0401. The van der Waals surface area contributed by atoms with Crippen molar-refractivity contribution in [1.29, 1.82) is 0 Å². The molecule has 4 rings (SSSR count). The number of carbonyl (C=O) groups excluding carboxylic acids is 3. The number of amides is 2. The first-order chi connectivity index (χ1) is 14.4. The van der Waals surface area contributed by atoms with E-state index in [4.69, 9.17) is 0 Å². The fourth-order valence-corrected chi connectivity index (χ4v) is 7.39. The molecule has 8 atom stereocenters. The number of alkyl halides is 3. The number of ketones is 1. The Bertz CT molecular complexity index is 825. The smallest absolute Gasteiger partial charge is 0.349 e. The molecule has 0 saturated heterocycles. The molecule has 0 aromatic rings. The van der Waals surface area contributed by atoms with Crippen molar-refractivity contribution >= 4 is 17.6 Å². The maximum Gasteiger partial charge on any atom is 0.452 e. The second kappa shape index (κ2) is 7.34. The SMILES string of the molecule is CC(NC(=O)[C@@H]1CC[C@@H]2[C@H]3CC[C@H]4NC(=O)C=C[C@]4(C)[C@@H]3CC[C@]21C)C(=O)C(F)(F)F. The van der Waals surface area contributed by atoms with Gasteiger partial charge in [-0.1, -0.05) is 19.9 Å². The van der Waals surface area contributed by atoms with Gasteiger partial charge in [0.15, 0.2) is 0 Å². The van der Waals surface area contributed by atoms with Crippen LogP contribution in [0.4, 0.5) is 13.2 Å². The van der Waals surface area contributed by atoms with E-state index in [0.717, 1.165) is 39.0 Å². The Morgan fingerprint density at radius 2 is 1.84 bits per heavy atom. The van der Waals surface area contributed by atoms with Crippen LogP contribution < -0.4 is 10.6 Å². The van der Waals surface area contributed by atoms with Crippen molar-refractivity contribution in [2.24, 2.45) is 34.5 Å². The molecule has 2 N–H and O–H groups in total. The van der Waals surface area contributed by atoms with Gasteiger partial charge in [0, 0.05) is 17.4 Å². The molecule has 8 heteroatoms. The molecule has 0 bridgehead atoms. The van der Waals surface area contributed by atoms with Gasteiger partial charge < -0.3 is 10.6 Å². The van der Waals surface area contributed by atoms with Gasteiger partial charge in [-0.05, 0) is 74.7 Å². The number of hydrogen-bond donors (Lipinski definition) is 2. The number of halogens is 3. The fraction of sp³-hybridized carbons (Fsp3) is 0.783. The van der Waals surface area contributed by atoms with Gasteiger partial charge in [-0.25, -0.2) is 0 Å². The average molecular weight is 441 g/mol. The van der Waals surface area contributed by atoms with Crippen molar-refractivity contribution in [3.05, 3.63) is 12.2 Å². The Kier molecular flexibility index (Phi) is 5.29. The Balaban J connectivity index is 1.51. The second-order valence-corrected chi connectivity index (χ2v) is 10.5. The van der Waals surface area contributed by atoms with Crippen LogP contribution >= 0.6 is 0 Å². The van der Waals surface area contributed by atoms with E-state index in [0.29, 0.717) is 24.2 Å². The number of Topliss-reactive ketones (excluding diaryl/α,β-unsaturated/α-hetero) is 1. The molecule has 0 aromatic heterocycles. The lowest BCUT2D eigenvalue weighted by atomic mass is 9.48. The lowest BCUT2D eigenvalue weighted by Crippen LogP contribution is -2.59. The maximum absolute atomic E-state index is 12.9. The molecule has 4 aliphatic rings. The Morgan fingerprint density at radius 1 is 1.13 bits per heavy atom. The number of fused-ring (bicyclic) bond motifs is 5. The van der Waals surface area contributed by atoms with Crippen molar-refractivity contribution in [3.63, 3.8) is 0 Å². The summed E-state index contributed by atoms with van der Waals surface area (Å²) >= 11 is 0. The summed E-state index contributed by atoms with van der Waals surface area (Å²) < 4.78 is 38.2. The van der Waals surface area contributed by atoms with Crippen LogP contribution in [0.3, 0.4) is 0 Å². The van der Waals surface area contributed by atoms with Crippen molar-refractivity contribution in [1.82, 2.24) is 10.6 Å². The highest BCUT2D eigenvalue weighted by Gasteiger charge is 2.61. The van der Waals surface area contributed by atoms with Crippen LogP contribution in [0, 0.1) is 34.5 Å². The quantitative estimate of drug-likeness (QED) is 0.705. The highest BCUT2D eigenvalue weighted by molar-refractivity contribution is 5.93. The molecule has 3 aliphatic carbocycles. The van der Waals surface area contributed by atoms with E-state index in [1.54, 1.807) is 6.08 Å². The largest absolute Gasteiger partial charge is 0.452 e. The molecule has 0 aromatic carbocycles. The number of nitrogens with one attached hydrogen (secondary N) is 2. The van der Waals surface area contributed by atoms with E-state index in [1.807, 2.05) is 0 Å². The molecule has 1 heterocycles. The predicted octanol–water partition coefficient (Wildman–Crippen LogP) is 3.54. The Morgan fingerprint density at radius 3 is 2.52 bits per heavy atom. The monoisotopic (exact) mass is 440 g/mol. The van der Waals surface area contributed by atoms with E-state index < -0.39 is 23.9 Å². The van der Waals surface area contributed by atoms with Crippen molar-refractivity contribution in [3.8, 4) is 0 Å². The van der Waals surface area contributed by atoms with Crippen LogP contribution in [0.2, 0.25) is 0 Å².